The Kier molecular flexibility index (Phi) is 6.40. The summed E-state index contributed by atoms with van der Waals surface area (Å²) in [7, 11) is 1.82. The summed E-state index contributed by atoms with van der Waals surface area (Å²) in [5, 5.41) is 9.34. The highest BCUT2D eigenvalue weighted by Gasteiger charge is 2.42. The molecule has 116 valence electrons. The summed E-state index contributed by atoms with van der Waals surface area (Å²) in [4.78, 5) is 14.9. The van der Waals surface area contributed by atoms with Gasteiger partial charge in [0.1, 0.15) is 0 Å². The van der Waals surface area contributed by atoms with Gasteiger partial charge in [0.25, 0.3) is 0 Å². The zero-order valence-corrected chi connectivity index (χ0v) is 13.7. The van der Waals surface area contributed by atoms with E-state index < -0.39 is 5.41 Å². The third-order valence-corrected chi connectivity index (χ3v) is 4.71. The van der Waals surface area contributed by atoms with Crippen LogP contribution >= 0.6 is 12.2 Å². The third kappa shape index (κ3) is 3.70. The summed E-state index contributed by atoms with van der Waals surface area (Å²) in [5.41, 5.74) is 5.24. The smallest absolute Gasteiger partial charge is 0.235 e. The van der Waals surface area contributed by atoms with E-state index in [1.807, 2.05) is 7.05 Å². The fraction of sp³-hybridized carbons (Fsp3) is 0.867. The van der Waals surface area contributed by atoms with Gasteiger partial charge in [0, 0.05) is 13.6 Å². The molecule has 4 nitrogen and oxygen atoms in total. The number of amides is 1. The number of nitrogens with two attached hydrogens (primary N) is 1. The lowest BCUT2D eigenvalue weighted by Crippen LogP contribution is -2.51. The lowest BCUT2D eigenvalue weighted by Gasteiger charge is -2.39. The van der Waals surface area contributed by atoms with Gasteiger partial charge in [-0.3, -0.25) is 4.79 Å². The molecule has 0 saturated heterocycles. The van der Waals surface area contributed by atoms with Gasteiger partial charge in [0.15, 0.2) is 0 Å². The van der Waals surface area contributed by atoms with Crippen molar-refractivity contribution < 1.29 is 9.90 Å². The molecular weight excluding hydrogens is 272 g/mol. The second-order valence-electron chi connectivity index (χ2n) is 6.12. The van der Waals surface area contributed by atoms with Gasteiger partial charge >= 0.3 is 0 Å². The number of carbonyl (C=O) groups excluding carboxylic acids is 1. The minimum Gasteiger partial charge on any atom is -0.393 e. The van der Waals surface area contributed by atoms with Crippen LogP contribution in [0.2, 0.25) is 0 Å². The highest BCUT2D eigenvalue weighted by molar-refractivity contribution is 7.80. The van der Waals surface area contributed by atoms with Crippen LogP contribution in [0.25, 0.3) is 0 Å². The summed E-state index contributed by atoms with van der Waals surface area (Å²) in [6, 6.07) is 0. The molecule has 0 aromatic carbocycles. The third-order valence-electron chi connectivity index (χ3n) is 4.32. The molecule has 0 spiro atoms. The van der Waals surface area contributed by atoms with Gasteiger partial charge < -0.3 is 15.7 Å². The monoisotopic (exact) mass is 300 g/mol. The molecule has 5 heteroatoms. The minimum absolute atomic E-state index is 0.0510. The number of hydrogen-bond acceptors (Lipinski definition) is 3. The van der Waals surface area contributed by atoms with E-state index >= 15 is 0 Å². The van der Waals surface area contributed by atoms with Crippen LogP contribution in [-0.2, 0) is 4.79 Å². The maximum absolute atomic E-state index is 12.8. The van der Waals surface area contributed by atoms with Gasteiger partial charge in [-0.15, -0.1) is 0 Å². The number of carbonyl (C=O) groups is 1. The molecule has 0 unspecified atom stereocenters. The van der Waals surface area contributed by atoms with Gasteiger partial charge in [-0.25, -0.2) is 0 Å². The van der Waals surface area contributed by atoms with Crippen molar-refractivity contribution in [2.24, 2.45) is 17.1 Å². The van der Waals surface area contributed by atoms with Crippen LogP contribution in [0.3, 0.4) is 0 Å². The van der Waals surface area contributed by atoms with E-state index in [1.165, 1.54) is 0 Å². The Morgan fingerprint density at radius 2 is 1.85 bits per heavy atom. The van der Waals surface area contributed by atoms with E-state index in [0.717, 1.165) is 25.7 Å². The maximum atomic E-state index is 12.8. The summed E-state index contributed by atoms with van der Waals surface area (Å²) in [6.45, 7) is 4.80. The number of aliphatic hydroxyl groups is 1. The molecule has 0 aromatic heterocycles. The fourth-order valence-corrected chi connectivity index (χ4v) is 3.52. The molecule has 1 aliphatic rings. The minimum atomic E-state index is -0.685. The topological polar surface area (TPSA) is 66.6 Å². The molecule has 1 aliphatic carbocycles. The lowest BCUT2D eigenvalue weighted by molar-refractivity contribution is -0.139. The first-order valence-corrected chi connectivity index (χ1v) is 8.01. The normalized spacial score (nSPS) is 22.2. The fourth-order valence-electron chi connectivity index (χ4n) is 3.23. The van der Waals surface area contributed by atoms with Crippen LogP contribution < -0.4 is 5.73 Å². The average Bonchev–Trinajstić information content (AvgIpc) is 2.35. The molecule has 0 atom stereocenters. The van der Waals surface area contributed by atoms with E-state index in [0.29, 0.717) is 30.3 Å². The van der Waals surface area contributed by atoms with Crippen molar-refractivity contribution in [1.82, 2.24) is 4.90 Å². The van der Waals surface area contributed by atoms with Crippen LogP contribution in [0.15, 0.2) is 0 Å². The van der Waals surface area contributed by atoms with Crippen molar-refractivity contribution in [3.05, 3.63) is 0 Å². The van der Waals surface area contributed by atoms with Crippen molar-refractivity contribution in [1.29, 1.82) is 0 Å². The lowest BCUT2D eigenvalue weighted by atomic mass is 9.77. The number of nitrogens with zero attached hydrogens (tertiary/aromatic N) is 1. The molecule has 0 radical (unpaired) electrons. The molecule has 1 rings (SSSR count). The van der Waals surface area contributed by atoms with Crippen LogP contribution in [0, 0.1) is 11.3 Å². The Bertz CT molecular complexity index is 348. The molecule has 3 N–H and O–H groups in total. The number of thiocarbonyl (C=S) groups is 1. The molecule has 1 fully saturated rings. The molecule has 0 heterocycles. The molecule has 1 amide bonds. The average molecular weight is 300 g/mol. The van der Waals surface area contributed by atoms with Crippen molar-refractivity contribution in [3.8, 4) is 0 Å². The summed E-state index contributed by atoms with van der Waals surface area (Å²) < 4.78 is 0. The quantitative estimate of drug-likeness (QED) is 0.674. The zero-order chi connectivity index (χ0) is 15.3. The van der Waals surface area contributed by atoms with Gasteiger partial charge in [-0.05, 0) is 31.6 Å². The maximum Gasteiger partial charge on any atom is 0.235 e. The Hall–Kier alpha value is -0.680. The number of aliphatic hydroxyl groups excluding tert-OH is 1. The SMILES string of the molecule is CCCC(CCC)(C(=O)N(C)CC1CC(O)C1)C(N)=S. The highest BCUT2D eigenvalue weighted by Crippen LogP contribution is 2.34. The second kappa shape index (κ2) is 7.36. The van der Waals surface area contributed by atoms with Gasteiger partial charge in [0.05, 0.1) is 16.5 Å². The largest absolute Gasteiger partial charge is 0.393 e. The van der Waals surface area contributed by atoms with Crippen molar-refractivity contribution in [2.75, 3.05) is 13.6 Å². The van der Waals surface area contributed by atoms with Crippen LogP contribution in [-0.4, -0.2) is 40.6 Å². The first-order chi connectivity index (χ1) is 9.37. The summed E-state index contributed by atoms with van der Waals surface area (Å²) in [5.74, 6) is 0.460. The molecule has 1 saturated carbocycles. The van der Waals surface area contributed by atoms with Gasteiger partial charge in [-0.1, -0.05) is 38.9 Å². The number of rotatable bonds is 8. The molecule has 20 heavy (non-hydrogen) atoms. The Labute approximate surface area is 127 Å². The standard InChI is InChI=1S/C15H28N2O2S/c1-4-6-15(7-5-2,13(16)20)14(19)17(3)10-11-8-12(18)9-11/h11-12,18H,4-10H2,1-3H3,(H2,16,20). The van der Waals surface area contributed by atoms with Crippen LogP contribution in [0.5, 0.6) is 0 Å². The molecule has 0 aromatic rings. The molecule has 0 aliphatic heterocycles. The number of hydrogen-bond donors (Lipinski definition) is 2. The van der Waals surface area contributed by atoms with E-state index in [2.05, 4.69) is 13.8 Å². The Balaban J connectivity index is 2.77. The van der Waals surface area contributed by atoms with E-state index in [-0.39, 0.29) is 12.0 Å². The van der Waals surface area contributed by atoms with Crippen molar-refractivity contribution in [3.63, 3.8) is 0 Å². The predicted molar refractivity (Wildman–Crippen MR) is 85.4 cm³/mol. The van der Waals surface area contributed by atoms with Crippen molar-refractivity contribution in [2.45, 2.75) is 58.5 Å². The highest BCUT2D eigenvalue weighted by atomic mass is 32.1. The summed E-state index contributed by atoms with van der Waals surface area (Å²) >= 11 is 5.22. The van der Waals surface area contributed by atoms with Gasteiger partial charge in [-0.2, -0.15) is 0 Å². The Morgan fingerprint density at radius 1 is 1.35 bits per heavy atom. The predicted octanol–water partition coefficient (Wildman–Crippen LogP) is 2.09. The molecule has 0 bridgehead atoms. The molecular formula is C15H28N2O2S. The summed E-state index contributed by atoms with van der Waals surface area (Å²) in [6.07, 6.45) is 4.60. The van der Waals surface area contributed by atoms with Crippen LogP contribution in [0.4, 0.5) is 0 Å². The van der Waals surface area contributed by atoms with Crippen molar-refractivity contribution >= 4 is 23.1 Å². The van der Waals surface area contributed by atoms with E-state index in [9.17, 15) is 9.90 Å². The van der Waals surface area contributed by atoms with Crippen LogP contribution in [0.1, 0.15) is 52.4 Å². The first-order valence-electron chi connectivity index (χ1n) is 7.60. The second-order valence-corrected chi connectivity index (χ2v) is 6.56. The van der Waals surface area contributed by atoms with E-state index in [4.69, 9.17) is 18.0 Å². The van der Waals surface area contributed by atoms with E-state index in [1.54, 1.807) is 4.90 Å². The zero-order valence-electron chi connectivity index (χ0n) is 12.9. The first kappa shape index (κ1) is 17.4. The van der Waals surface area contributed by atoms with Gasteiger partial charge in [0.2, 0.25) is 5.91 Å². The Morgan fingerprint density at radius 3 is 2.20 bits per heavy atom.